The number of aliphatic imine (C=N–C) groups is 1. The minimum Gasteiger partial charge on any atom is -0.481 e. The van der Waals surface area contributed by atoms with Crippen LogP contribution in [0.3, 0.4) is 0 Å². The number of nitrogens with zero attached hydrogens (tertiary/aromatic N) is 1. The van der Waals surface area contributed by atoms with Gasteiger partial charge in [-0.3, -0.25) is 19.3 Å². The Morgan fingerprint density at radius 3 is 2.62 bits per heavy atom. The first kappa shape index (κ1) is 19.9. The second-order valence-electron chi connectivity index (χ2n) is 6.51. The molecule has 1 aliphatic rings. The highest BCUT2D eigenvalue weighted by molar-refractivity contribution is 7.90. The maximum atomic E-state index is 12.4. The van der Waals surface area contributed by atoms with Crippen molar-refractivity contribution in [1.82, 2.24) is 10.0 Å². The summed E-state index contributed by atoms with van der Waals surface area (Å²) < 4.78 is 26.7. The molecule has 0 fully saturated rings. The number of benzene rings is 1. The Balaban J connectivity index is 2.19. The molecule has 0 saturated carbocycles. The van der Waals surface area contributed by atoms with Gasteiger partial charge in [0.15, 0.2) is 0 Å². The van der Waals surface area contributed by atoms with Crippen LogP contribution in [0.4, 0.5) is 0 Å². The smallest absolute Gasteiger partial charge is 0.303 e. The number of carboxylic acid groups (broad SMARTS) is 1. The fourth-order valence-electron chi connectivity index (χ4n) is 2.62. The molecule has 0 aliphatic carbocycles. The van der Waals surface area contributed by atoms with Gasteiger partial charge in [-0.15, -0.1) is 0 Å². The minimum atomic E-state index is -3.66. The maximum Gasteiger partial charge on any atom is 0.303 e. The lowest BCUT2D eigenvalue weighted by molar-refractivity contribution is -0.137. The fraction of sp³-hybridized carbons (Fsp3) is 0.471. The zero-order valence-corrected chi connectivity index (χ0v) is 15.5. The Hall–Kier alpha value is -2.42. The van der Waals surface area contributed by atoms with E-state index < -0.39 is 22.0 Å². The topological polar surface area (TPSA) is 125 Å². The minimum absolute atomic E-state index is 0.0309. The van der Waals surface area contributed by atoms with Gasteiger partial charge in [-0.2, -0.15) is 0 Å². The van der Waals surface area contributed by atoms with Gasteiger partial charge in [0.05, 0.1) is 4.90 Å². The van der Waals surface area contributed by atoms with E-state index in [0.29, 0.717) is 18.4 Å². The van der Waals surface area contributed by atoms with Crippen molar-refractivity contribution in [3.8, 4) is 0 Å². The predicted octanol–water partition coefficient (Wildman–Crippen LogP) is 1.12. The van der Waals surface area contributed by atoms with Crippen LogP contribution in [0.1, 0.15) is 38.7 Å². The summed E-state index contributed by atoms with van der Waals surface area (Å²) in [6.07, 6.45) is 0.733. The lowest BCUT2D eigenvalue weighted by atomic mass is 10.0. The number of amides is 1. The lowest BCUT2D eigenvalue weighted by Gasteiger charge is -2.16. The third-order valence-electron chi connectivity index (χ3n) is 3.81. The van der Waals surface area contributed by atoms with Gasteiger partial charge in [0.2, 0.25) is 5.91 Å². The molecular weight excluding hydrogens is 358 g/mol. The van der Waals surface area contributed by atoms with E-state index in [9.17, 15) is 18.0 Å². The lowest BCUT2D eigenvalue weighted by Crippen LogP contribution is -2.37. The molecule has 142 valence electrons. The SMILES string of the molecule is CC(C)CC(N=C1NS(=O)(=O)c2ccccc21)C(=O)NCCCC(=O)O. The Labute approximate surface area is 152 Å². The number of rotatable bonds is 8. The summed E-state index contributed by atoms with van der Waals surface area (Å²) in [5.41, 5.74) is 0.444. The molecule has 0 saturated heterocycles. The number of carbonyl (C=O) groups is 2. The molecule has 2 rings (SSSR count). The van der Waals surface area contributed by atoms with Crippen molar-refractivity contribution >= 4 is 27.7 Å². The van der Waals surface area contributed by atoms with Gasteiger partial charge < -0.3 is 10.4 Å². The number of aliphatic carboxylic acids is 1. The standard InChI is InChI=1S/C17H23N3O5S/c1-11(2)10-13(17(23)18-9-5-8-15(21)22)19-16-12-6-3-4-7-14(12)26(24,25)20-16/h3-4,6-7,11,13H,5,8-10H2,1-2H3,(H,18,23)(H,19,20)(H,21,22). The largest absolute Gasteiger partial charge is 0.481 e. The molecule has 26 heavy (non-hydrogen) atoms. The molecule has 1 atom stereocenters. The van der Waals surface area contributed by atoms with Crippen molar-refractivity contribution in [1.29, 1.82) is 0 Å². The molecule has 9 heteroatoms. The van der Waals surface area contributed by atoms with Crippen molar-refractivity contribution in [3.05, 3.63) is 29.8 Å². The van der Waals surface area contributed by atoms with E-state index in [4.69, 9.17) is 5.11 Å². The summed E-state index contributed by atoms with van der Waals surface area (Å²) in [6.45, 7) is 4.11. The summed E-state index contributed by atoms with van der Waals surface area (Å²) in [5, 5.41) is 11.3. The molecule has 1 amide bonds. The van der Waals surface area contributed by atoms with Gasteiger partial charge in [-0.05, 0) is 30.9 Å². The highest BCUT2D eigenvalue weighted by atomic mass is 32.2. The van der Waals surface area contributed by atoms with Crippen LogP contribution in [0.15, 0.2) is 34.2 Å². The van der Waals surface area contributed by atoms with Crippen molar-refractivity contribution in [2.75, 3.05) is 6.54 Å². The normalized spacial score (nSPS) is 17.6. The number of carbonyl (C=O) groups excluding carboxylic acids is 1. The van der Waals surface area contributed by atoms with Crippen LogP contribution in [-0.4, -0.2) is 43.8 Å². The van der Waals surface area contributed by atoms with Crippen molar-refractivity contribution in [2.45, 2.75) is 44.0 Å². The first-order valence-electron chi connectivity index (χ1n) is 8.40. The molecule has 8 nitrogen and oxygen atoms in total. The first-order chi connectivity index (χ1) is 12.2. The summed E-state index contributed by atoms with van der Waals surface area (Å²) in [5.74, 6) is -0.940. The Kier molecular flexibility index (Phi) is 6.36. The van der Waals surface area contributed by atoms with E-state index in [0.717, 1.165) is 0 Å². The van der Waals surface area contributed by atoms with E-state index in [1.54, 1.807) is 18.2 Å². The van der Waals surface area contributed by atoms with Crippen molar-refractivity contribution in [2.24, 2.45) is 10.9 Å². The number of sulfonamides is 1. The van der Waals surface area contributed by atoms with Crippen LogP contribution >= 0.6 is 0 Å². The second kappa shape index (κ2) is 8.31. The number of carboxylic acids is 1. The van der Waals surface area contributed by atoms with E-state index in [1.807, 2.05) is 13.8 Å². The van der Waals surface area contributed by atoms with E-state index in [1.165, 1.54) is 6.07 Å². The zero-order valence-electron chi connectivity index (χ0n) is 14.7. The zero-order chi connectivity index (χ0) is 19.3. The molecule has 0 aromatic heterocycles. The van der Waals surface area contributed by atoms with Crippen LogP contribution < -0.4 is 10.0 Å². The summed E-state index contributed by atoms with van der Waals surface area (Å²) in [6, 6.07) is 5.71. The molecule has 0 spiro atoms. The third kappa shape index (κ3) is 5.04. The summed E-state index contributed by atoms with van der Waals surface area (Å²) in [4.78, 5) is 27.5. The number of fused-ring (bicyclic) bond motifs is 1. The molecule has 1 aromatic rings. The number of nitrogens with one attached hydrogen (secondary N) is 2. The van der Waals surface area contributed by atoms with Gasteiger partial charge in [-0.25, -0.2) is 8.42 Å². The van der Waals surface area contributed by atoms with Gasteiger partial charge >= 0.3 is 5.97 Å². The molecular formula is C17H23N3O5S. The maximum absolute atomic E-state index is 12.4. The molecule has 3 N–H and O–H groups in total. The van der Waals surface area contributed by atoms with Gasteiger partial charge in [0, 0.05) is 18.5 Å². The van der Waals surface area contributed by atoms with Crippen LogP contribution in [0, 0.1) is 5.92 Å². The monoisotopic (exact) mass is 381 g/mol. The number of hydrogen-bond donors (Lipinski definition) is 3. The molecule has 1 heterocycles. The van der Waals surface area contributed by atoms with Gasteiger partial charge in [0.25, 0.3) is 10.0 Å². The van der Waals surface area contributed by atoms with Crippen molar-refractivity contribution < 1.29 is 23.1 Å². The summed E-state index contributed by atoms with van der Waals surface area (Å²) >= 11 is 0. The van der Waals surface area contributed by atoms with E-state index in [2.05, 4.69) is 15.0 Å². The fourth-order valence-corrected chi connectivity index (χ4v) is 3.86. The third-order valence-corrected chi connectivity index (χ3v) is 5.21. The molecule has 0 bridgehead atoms. The van der Waals surface area contributed by atoms with Crippen LogP contribution in [0.2, 0.25) is 0 Å². The Morgan fingerprint density at radius 2 is 1.96 bits per heavy atom. The van der Waals surface area contributed by atoms with Crippen molar-refractivity contribution in [3.63, 3.8) is 0 Å². The van der Waals surface area contributed by atoms with E-state index >= 15 is 0 Å². The average Bonchev–Trinajstić information content (AvgIpc) is 2.81. The number of amidine groups is 1. The highest BCUT2D eigenvalue weighted by Crippen LogP contribution is 2.23. The van der Waals surface area contributed by atoms with Crippen LogP contribution in [-0.2, 0) is 19.6 Å². The molecule has 1 aromatic carbocycles. The Bertz CT molecular complexity index is 817. The quantitative estimate of drug-likeness (QED) is 0.582. The molecule has 1 aliphatic heterocycles. The van der Waals surface area contributed by atoms with Crippen LogP contribution in [0.5, 0.6) is 0 Å². The first-order valence-corrected chi connectivity index (χ1v) is 9.88. The molecule has 1 unspecified atom stereocenters. The van der Waals surface area contributed by atoms with Gasteiger partial charge in [0.1, 0.15) is 11.9 Å². The highest BCUT2D eigenvalue weighted by Gasteiger charge is 2.32. The second-order valence-corrected chi connectivity index (χ2v) is 8.16. The van der Waals surface area contributed by atoms with E-state index in [-0.39, 0.29) is 35.5 Å². The average molecular weight is 381 g/mol. The number of hydrogen-bond acceptors (Lipinski definition) is 5. The van der Waals surface area contributed by atoms with Gasteiger partial charge in [-0.1, -0.05) is 26.0 Å². The molecule has 0 radical (unpaired) electrons. The van der Waals surface area contributed by atoms with Crippen LogP contribution in [0.25, 0.3) is 0 Å². The predicted molar refractivity (Wildman–Crippen MR) is 96.4 cm³/mol. The Morgan fingerprint density at radius 1 is 1.27 bits per heavy atom. The summed E-state index contributed by atoms with van der Waals surface area (Å²) in [7, 11) is -3.66.